The quantitative estimate of drug-likeness (QED) is 0.903. The minimum absolute atomic E-state index is 1.01. The third-order valence-corrected chi connectivity index (χ3v) is 3.69. The Morgan fingerprint density at radius 2 is 1.53 bits per heavy atom. The van der Waals surface area contributed by atoms with Crippen LogP contribution in [-0.4, -0.2) is 26.2 Å². The molecule has 1 aliphatic rings. The molecule has 98 valence electrons. The van der Waals surface area contributed by atoms with E-state index in [0.29, 0.717) is 0 Å². The molecule has 0 radical (unpaired) electrons. The van der Waals surface area contributed by atoms with Gasteiger partial charge in [-0.1, -0.05) is 48.5 Å². The van der Waals surface area contributed by atoms with Crippen molar-refractivity contribution in [2.75, 3.05) is 31.1 Å². The summed E-state index contributed by atoms with van der Waals surface area (Å²) < 4.78 is 0. The number of benzene rings is 2. The minimum atomic E-state index is 1.01. The highest BCUT2D eigenvalue weighted by atomic mass is 15.2. The lowest BCUT2D eigenvalue weighted by atomic mass is 10.0. The van der Waals surface area contributed by atoms with E-state index in [1.807, 2.05) is 0 Å². The van der Waals surface area contributed by atoms with Crippen molar-refractivity contribution in [1.29, 1.82) is 0 Å². The standard InChI is InChI=1S/C17H20N2/c1-2-6-15(7-3-1)14-16-8-4-5-9-17(16)19-12-10-18-11-13-19/h1-9,18H,10-14H2. The Balaban J connectivity index is 1.84. The molecular weight excluding hydrogens is 232 g/mol. The predicted molar refractivity (Wildman–Crippen MR) is 80.8 cm³/mol. The van der Waals surface area contributed by atoms with Crippen LogP contribution in [-0.2, 0) is 6.42 Å². The van der Waals surface area contributed by atoms with Gasteiger partial charge in [0.1, 0.15) is 0 Å². The van der Waals surface area contributed by atoms with Crippen LogP contribution >= 0.6 is 0 Å². The molecule has 2 nitrogen and oxygen atoms in total. The summed E-state index contributed by atoms with van der Waals surface area (Å²) in [6, 6.07) is 19.5. The molecule has 0 aliphatic carbocycles. The smallest absolute Gasteiger partial charge is 0.0403 e. The Hall–Kier alpha value is -1.80. The average Bonchev–Trinajstić information content (AvgIpc) is 2.50. The average molecular weight is 252 g/mol. The van der Waals surface area contributed by atoms with Crippen molar-refractivity contribution in [3.8, 4) is 0 Å². The Labute approximate surface area is 115 Å². The van der Waals surface area contributed by atoms with Gasteiger partial charge >= 0.3 is 0 Å². The van der Waals surface area contributed by atoms with Gasteiger partial charge in [0.25, 0.3) is 0 Å². The lowest BCUT2D eigenvalue weighted by Crippen LogP contribution is -2.43. The second-order valence-corrected chi connectivity index (χ2v) is 5.03. The Morgan fingerprint density at radius 1 is 0.842 bits per heavy atom. The molecule has 0 saturated carbocycles. The van der Waals surface area contributed by atoms with Crippen molar-refractivity contribution >= 4 is 5.69 Å². The molecule has 0 atom stereocenters. The van der Waals surface area contributed by atoms with Crippen LogP contribution in [0.25, 0.3) is 0 Å². The van der Waals surface area contributed by atoms with Gasteiger partial charge in [-0.3, -0.25) is 0 Å². The SMILES string of the molecule is c1ccc(Cc2ccccc2N2CCNCC2)cc1. The first kappa shape index (κ1) is 12.2. The Bertz CT molecular complexity index is 516. The van der Waals surface area contributed by atoms with Gasteiger partial charge in [0.2, 0.25) is 0 Å². The topological polar surface area (TPSA) is 15.3 Å². The van der Waals surface area contributed by atoms with Gasteiger partial charge in [-0.05, 0) is 23.6 Å². The second kappa shape index (κ2) is 5.89. The number of rotatable bonds is 3. The van der Waals surface area contributed by atoms with Crippen LogP contribution in [0.3, 0.4) is 0 Å². The molecule has 1 saturated heterocycles. The van der Waals surface area contributed by atoms with Gasteiger partial charge in [0, 0.05) is 31.9 Å². The zero-order valence-corrected chi connectivity index (χ0v) is 11.2. The maximum atomic E-state index is 3.41. The third-order valence-electron chi connectivity index (χ3n) is 3.69. The molecule has 1 fully saturated rings. The lowest BCUT2D eigenvalue weighted by molar-refractivity contribution is 0.588. The van der Waals surface area contributed by atoms with Crippen LogP contribution in [0, 0.1) is 0 Å². The zero-order chi connectivity index (χ0) is 12.9. The van der Waals surface area contributed by atoms with Gasteiger partial charge in [-0.15, -0.1) is 0 Å². The van der Waals surface area contributed by atoms with Gasteiger partial charge in [-0.25, -0.2) is 0 Å². The normalized spacial score (nSPS) is 15.5. The second-order valence-electron chi connectivity index (χ2n) is 5.03. The number of nitrogens with one attached hydrogen (secondary N) is 1. The van der Waals surface area contributed by atoms with E-state index in [0.717, 1.165) is 32.6 Å². The first-order chi connectivity index (χ1) is 9.43. The van der Waals surface area contributed by atoms with E-state index in [-0.39, 0.29) is 0 Å². The van der Waals surface area contributed by atoms with E-state index in [1.54, 1.807) is 0 Å². The molecule has 1 aliphatic heterocycles. The van der Waals surface area contributed by atoms with E-state index < -0.39 is 0 Å². The highest BCUT2D eigenvalue weighted by Gasteiger charge is 2.13. The van der Waals surface area contributed by atoms with Crippen molar-refractivity contribution in [1.82, 2.24) is 5.32 Å². The van der Waals surface area contributed by atoms with E-state index in [1.165, 1.54) is 16.8 Å². The van der Waals surface area contributed by atoms with Gasteiger partial charge < -0.3 is 10.2 Å². The predicted octanol–water partition coefficient (Wildman–Crippen LogP) is 2.69. The molecule has 19 heavy (non-hydrogen) atoms. The summed E-state index contributed by atoms with van der Waals surface area (Å²) in [4.78, 5) is 2.49. The molecule has 1 N–H and O–H groups in total. The van der Waals surface area contributed by atoms with Crippen molar-refractivity contribution in [3.63, 3.8) is 0 Å². The summed E-state index contributed by atoms with van der Waals surface area (Å²) in [6.07, 6.45) is 1.01. The Morgan fingerprint density at radius 3 is 2.32 bits per heavy atom. The Kier molecular flexibility index (Phi) is 3.80. The summed E-state index contributed by atoms with van der Waals surface area (Å²) in [5.41, 5.74) is 4.20. The molecule has 0 bridgehead atoms. The van der Waals surface area contributed by atoms with Crippen molar-refractivity contribution in [3.05, 3.63) is 65.7 Å². The van der Waals surface area contributed by atoms with Crippen LogP contribution in [0.15, 0.2) is 54.6 Å². The highest BCUT2D eigenvalue weighted by molar-refractivity contribution is 5.55. The number of piperazine rings is 1. The number of para-hydroxylation sites is 1. The monoisotopic (exact) mass is 252 g/mol. The van der Waals surface area contributed by atoms with E-state index in [9.17, 15) is 0 Å². The molecule has 0 unspecified atom stereocenters. The van der Waals surface area contributed by atoms with Gasteiger partial charge in [0.15, 0.2) is 0 Å². The van der Waals surface area contributed by atoms with Crippen molar-refractivity contribution in [2.45, 2.75) is 6.42 Å². The van der Waals surface area contributed by atoms with Crippen LogP contribution in [0.1, 0.15) is 11.1 Å². The van der Waals surface area contributed by atoms with Crippen molar-refractivity contribution < 1.29 is 0 Å². The molecular formula is C17H20N2. The fourth-order valence-electron chi connectivity index (χ4n) is 2.69. The third kappa shape index (κ3) is 2.96. The maximum absolute atomic E-state index is 3.41. The molecule has 0 amide bonds. The highest BCUT2D eigenvalue weighted by Crippen LogP contribution is 2.23. The molecule has 2 aromatic carbocycles. The van der Waals surface area contributed by atoms with E-state index in [4.69, 9.17) is 0 Å². The van der Waals surface area contributed by atoms with E-state index >= 15 is 0 Å². The summed E-state index contributed by atoms with van der Waals surface area (Å²) in [7, 11) is 0. The molecule has 2 aromatic rings. The fourth-order valence-corrected chi connectivity index (χ4v) is 2.69. The van der Waals surface area contributed by atoms with Crippen LogP contribution in [0.4, 0.5) is 5.69 Å². The first-order valence-corrected chi connectivity index (χ1v) is 7.01. The summed E-state index contributed by atoms with van der Waals surface area (Å²) in [5, 5.41) is 3.41. The van der Waals surface area contributed by atoms with E-state index in [2.05, 4.69) is 64.8 Å². The summed E-state index contributed by atoms with van der Waals surface area (Å²) >= 11 is 0. The number of nitrogens with zero attached hydrogens (tertiary/aromatic N) is 1. The molecule has 2 heteroatoms. The first-order valence-electron chi connectivity index (χ1n) is 7.01. The van der Waals surface area contributed by atoms with Crippen LogP contribution < -0.4 is 10.2 Å². The fraction of sp³-hybridized carbons (Fsp3) is 0.294. The lowest BCUT2D eigenvalue weighted by Gasteiger charge is -2.31. The van der Waals surface area contributed by atoms with Crippen LogP contribution in [0.2, 0.25) is 0 Å². The molecule has 3 rings (SSSR count). The van der Waals surface area contributed by atoms with Gasteiger partial charge in [-0.2, -0.15) is 0 Å². The largest absolute Gasteiger partial charge is 0.369 e. The molecule has 1 heterocycles. The summed E-state index contributed by atoms with van der Waals surface area (Å²) in [6.45, 7) is 4.37. The van der Waals surface area contributed by atoms with Crippen molar-refractivity contribution in [2.24, 2.45) is 0 Å². The molecule has 0 aromatic heterocycles. The zero-order valence-electron chi connectivity index (χ0n) is 11.2. The molecule has 0 spiro atoms. The maximum Gasteiger partial charge on any atom is 0.0403 e. The number of hydrogen-bond acceptors (Lipinski definition) is 2. The number of hydrogen-bond donors (Lipinski definition) is 1. The summed E-state index contributed by atoms with van der Waals surface area (Å²) in [5.74, 6) is 0. The minimum Gasteiger partial charge on any atom is -0.369 e. The van der Waals surface area contributed by atoms with Crippen LogP contribution in [0.5, 0.6) is 0 Å². The van der Waals surface area contributed by atoms with Gasteiger partial charge in [0.05, 0.1) is 0 Å². The number of anilines is 1.